The van der Waals surface area contributed by atoms with E-state index in [-0.39, 0.29) is 33.0 Å². The zero-order valence-electron chi connectivity index (χ0n) is 21.4. The van der Waals surface area contributed by atoms with Crippen molar-refractivity contribution in [3.8, 4) is 16.9 Å². The number of hydrogen-bond donors (Lipinski definition) is 3. The number of nitrogens with two attached hydrogens (primary N) is 1. The number of phenols is 1. The second-order valence-corrected chi connectivity index (χ2v) is 9.68. The summed E-state index contributed by atoms with van der Waals surface area (Å²) in [7, 11) is 1.38. The number of fused-ring (bicyclic) bond motifs is 1. The number of nitrogens with zero attached hydrogens (tertiary/aromatic N) is 4. The van der Waals surface area contributed by atoms with Crippen LogP contribution in [0, 0.1) is 17.5 Å². The van der Waals surface area contributed by atoms with Crippen molar-refractivity contribution in [3.63, 3.8) is 0 Å². The molecule has 4 aromatic rings. The second kappa shape index (κ2) is 10.8. The van der Waals surface area contributed by atoms with Crippen LogP contribution in [0.5, 0.6) is 5.75 Å². The number of primary amides is 1. The van der Waals surface area contributed by atoms with E-state index in [2.05, 4.69) is 10.3 Å². The third-order valence-corrected chi connectivity index (χ3v) is 6.96. The average Bonchev–Trinajstić information content (AvgIpc) is 3.29. The number of halogens is 4. The number of benzene rings is 2. The van der Waals surface area contributed by atoms with Crippen LogP contribution in [0.4, 0.5) is 24.5 Å². The summed E-state index contributed by atoms with van der Waals surface area (Å²) in [5, 5.41) is 12.2. The lowest BCUT2D eigenvalue weighted by atomic mass is 10.0. The number of nitrogens with one attached hydrogen (secondary N) is 1. The first kappa shape index (κ1) is 28.0. The summed E-state index contributed by atoms with van der Waals surface area (Å²) in [6.07, 6.45) is 2.36. The Labute approximate surface area is 234 Å². The summed E-state index contributed by atoms with van der Waals surface area (Å²) in [6, 6.07) is 3.29. The fourth-order valence-corrected chi connectivity index (χ4v) is 4.81. The minimum Gasteiger partial charge on any atom is -0.504 e. The van der Waals surface area contributed by atoms with E-state index < -0.39 is 58.2 Å². The number of carbonyl (C=O) groups excluding carboxylic acids is 2. The zero-order chi connectivity index (χ0) is 29.6. The number of aryl methyl sites for hydroxylation is 1. The molecule has 2 amide bonds. The van der Waals surface area contributed by atoms with E-state index in [1.54, 1.807) is 4.90 Å². The molecular formula is C26H22ClF3N6O5. The number of ether oxygens (including phenoxy) is 1. The maximum atomic E-state index is 15.0. The maximum absolute atomic E-state index is 15.0. The van der Waals surface area contributed by atoms with Crippen LogP contribution in [0.15, 0.2) is 35.5 Å². The number of rotatable bonds is 6. The highest BCUT2D eigenvalue weighted by atomic mass is 35.5. The number of morpholine rings is 1. The van der Waals surface area contributed by atoms with E-state index in [4.69, 9.17) is 22.1 Å². The van der Waals surface area contributed by atoms with Gasteiger partial charge in [-0.15, -0.1) is 0 Å². The number of anilines is 2. The van der Waals surface area contributed by atoms with Gasteiger partial charge in [-0.3, -0.25) is 14.4 Å². The van der Waals surface area contributed by atoms with Crippen molar-refractivity contribution in [2.75, 3.05) is 36.5 Å². The first-order chi connectivity index (χ1) is 19.5. The Morgan fingerprint density at radius 3 is 2.54 bits per heavy atom. The third kappa shape index (κ3) is 5.07. The van der Waals surface area contributed by atoms with Crippen LogP contribution >= 0.6 is 11.6 Å². The van der Waals surface area contributed by atoms with Gasteiger partial charge >= 0.3 is 0 Å². The van der Waals surface area contributed by atoms with Crippen molar-refractivity contribution in [2.24, 2.45) is 12.8 Å². The van der Waals surface area contributed by atoms with Crippen molar-refractivity contribution in [3.05, 3.63) is 69.1 Å². The molecule has 0 saturated carbocycles. The van der Waals surface area contributed by atoms with E-state index in [1.165, 1.54) is 30.2 Å². The number of aromatic hydroxyl groups is 1. The number of aromatic nitrogens is 3. The van der Waals surface area contributed by atoms with Crippen molar-refractivity contribution in [2.45, 2.75) is 6.54 Å². The normalized spacial score (nSPS) is 13.5. The monoisotopic (exact) mass is 590 g/mol. The molecule has 2 aromatic carbocycles. The van der Waals surface area contributed by atoms with Crippen LogP contribution in [-0.4, -0.2) is 57.3 Å². The molecular weight excluding hydrogens is 569 g/mol. The van der Waals surface area contributed by atoms with E-state index >= 15 is 4.39 Å². The van der Waals surface area contributed by atoms with Crippen molar-refractivity contribution < 1.29 is 32.6 Å². The van der Waals surface area contributed by atoms with Gasteiger partial charge in [0.1, 0.15) is 18.0 Å². The Hall–Kier alpha value is -4.56. The van der Waals surface area contributed by atoms with E-state index in [1.807, 2.05) is 0 Å². The lowest BCUT2D eigenvalue weighted by molar-refractivity contribution is -0.116. The molecule has 2 aromatic heterocycles. The quantitative estimate of drug-likeness (QED) is 0.313. The van der Waals surface area contributed by atoms with E-state index in [9.17, 15) is 28.3 Å². The van der Waals surface area contributed by atoms with Crippen LogP contribution in [0.25, 0.3) is 22.2 Å². The molecule has 0 unspecified atom stereocenters. The first-order valence-electron chi connectivity index (χ1n) is 12.1. The molecule has 0 aliphatic carbocycles. The van der Waals surface area contributed by atoms with Gasteiger partial charge in [0.05, 0.1) is 46.9 Å². The summed E-state index contributed by atoms with van der Waals surface area (Å²) in [5.41, 5.74) is 3.38. The minimum atomic E-state index is -1.74. The predicted octanol–water partition coefficient (Wildman–Crippen LogP) is 2.75. The van der Waals surface area contributed by atoms with E-state index in [0.717, 1.165) is 16.7 Å². The van der Waals surface area contributed by atoms with Gasteiger partial charge in [-0.2, -0.15) is 4.39 Å². The highest BCUT2D eigenvalue weighted by Gasteiger charge is 2.26. The van der Waals surface area contributed by atoms with Gasteiger partial charge in [0.15, 0.2) is 11.6 Å². The van der Waals surface area contributed by atoms with Crippen LogP contribution < -0.4 is 21.5 Å². The Balaban J connectivity index is 1.54. The van der Waals surface area contributed by atoms with Gasteiger partial charge in [0.25, 0.3) is 11.5 Å². The molecule has 0 spiro atoms. The molecule has 1 saturated heterocycles. The predicted molar refractivity (Wildman–Crippen MR) is 144 cm³/mol. The van der Waals surface area contributed by atoms with Gasteiger partial charge in [0.2, 0.25) is 11.7 Å². The molecule has 1 aliphatic heterocycles. The molecule has 1 fully saturated rings. The molecule has 4 N–H and O–H groups in total. The highest BCUT2D eigenvalue weighted by molar-refractivity contribution is 6.33. The Kier molecular flexibility index (Phi) is 7.36. The molecule has 11 nitrogen and oxygen atoms in total. The molecule has 15 heteroatoms. The molecule has 0 bridgehead atoms. The summed E-state index contributed by atoms with van der Waals surface area (Å²) in [6.45, 7) is 1.23. The van der Waals surface area contributed by atoms with Gasteiger partial charge in [0, 0.05) is 37.5 Å². The summed E-state index contributed by atoms with van der Waals surface area (Å²) < 4.78 is 51.8. The Morgan fingerprint density at radius 1 is 1.15 bits per heavy atom. The smallest absolute Gasteiger partial charge is 0.263 e. The molecule has 1 aliphatic rings. The average molecular weight is 591 g/mol. The summed E-state index contributed by atoms with van der Waals surface area (Å²) in [4.78, 5) is 43.8. The lowest BCUT2D eigenvalue weighted by Gasteiger charge is -2.29. The van der Waals surface area contributed by atoms with Crippen LogP contribution in [0.2, 0.25) is 5.02 Å². The van der Waals surface area contributed by atoms with Gasteiger partial charge < -0.3 is 34.9 Å². The number of amides is 2. The van der Waals surface area contributed by atoms with Crippen LogP contribution in [0.1, 0.15) is 10.4 Å². The largest absolute Gasteiger partial charge is 0.504 e. The fourth-order valence-electron chi connectivity index (χ4n) is 4.61. The molecule has 0 atom stereocenters. The molecule has 214 valence electrons. The standard InChI is InChI=1S/C26H22ClF3N6O5/c1-34-11-32-25-20(26(34)40)14(12-6-13(24(31)39)23(38)22(30)21(12)29)9-36(25)10-19(37)33-17-8-18(16(28)7-15(17)27)35-2-4-41-5-3-35/h6-9,11,38H,2-5,10H2,1H3,(H2,31,39)(H,33,37). The second-order valence-electron chi connectivity index (χ2n) is 9.27. The number of carbonyl (C=O) groups is 2. The molecule has 41 heavy (non-hydrogen) atoms. The Morgan fingerprint density at radius 2 is 1.85 bits per heavy atom. The number of hydrogen-bond acceptors (Lipinski definition) is 7. The summed E-state index contributed by atoms with van der Waals surface area (Å²) in [5.74, 6) is -7.03. The topological polar surface area (TPSA) is 145 Å². The van der Waals surface area contributed by atoms with Crippen molar-refractivity contribution >= 4 is 45.8 Å². The highest BCUT2D eigenvalue weighted by Crippen LogP contribution is 2.36. The molecule has 5 rings (SSSR count). The molecule has 3 heterocycles. The van der Waals surface area contributed by atoms with Crippen LogP contribution in [-0.2, 0) is 23.1 Å². The SMILES string of the molecule is Cn1cnc2c(c(-c3cc(C(N)=O)c(O)c(F)c3F)cn2CC(=O)Nc2cc(N3CCOCC3)c(F)cc2Cl)c1=O. The van der Waals surface area contributed by atoms with Gasteiger partial charge in [-0.05, 0) is 18.2 Å². The third-order valence-electron chi connectivity index (χ3n) is 6.65. The van der Waals surface area contributed by atoms with Crippen molar-refractivity contribution in [1.82, 2.24) is 14.1 Å². The Bertz CT molecular complexity index is 1780. The lowest BCUT2D eigenvalue weighted by Crippen LogP contribution is -2.36. The summed E-state index contributed by atoms with van der Waals surface area (Å²) >= 11 is 6.19. The van der Waals surface area contributed by atoms with Gasteiger partial charge in [-0.1, -0.05) is 11.6 Å². The minimum absolute atomic E-state index is 0.0500. The van der Waals surface area contributed by atoms with Gasteiger partial charge in [-0.25, -0.2) is 13.8 Å². The van der Waals surface area contributed by atoms with Crippen molar-refractivity contribution in [1.29, 1.82) is 0 Å². The maximum Gasteiger partial charge on any atom is 0.263 e. The molecule has 0 radical (unpaired) electrons. The fraction of sp³-hybridized carbons (Fsp3) is 0.231. The van der Waals surface area contributed by atoms with Crippen LogP contribution in [0.3, 0.4) is 0 Å². The zero-order valence-corrected chi connectivity index (χ0v) is 22.1. The van der Waals surface area contributed by atoms with E-state index in [0.29, 0.717) is 26.3 Å². The first-order valence-corrected chi connectivity index (χ1v) is 12.5.